The number of rotatable bonds is 5. The lowest BCUT2D eigenvalue weighted by Crippen LogP contribution is -2.12. The standard InChI is InChI=1S/C18H15ClO3/c1-13-6-2-3-7-14(13)10-11-18(21)22-12-17(20)15-8-4-5-9-16(15)19/h2-11H,12H2,1H3/b11-10+. The fraction of sp³-hybridized carbons (Fsp3) is 0.111. The number of Topliss-reactive ketones (excluding diaryl/α,β-unsaturated/α-hetero) is 1. The van der Waals surface area contributed by atoms with Gasteiger partial charge >= 0.3 is 5.97 Å². The molecule has 0 saturated heterocycles. The van der Waals surface area contributed by atoms with Gasteiger partial charge in [-0.3, -0.25) is 4.79 Å². The lowest BCUT2D eigenvalue weighted by Gasteiger charge is -2.04. The van der Waals surface area contributed by atoms with E-state index in [2.05, 4.69) is 0 Å². The zero-order valence-corrected chi connectivity index (χ0v) is 12.8. The fourth-order valence-electron chi connectivity index (χ4n) is 1.88. The van der Waals surface area contributed by atoms with Crippen LogP contribution in [-0.4, -0.2) is 18.4 Å². The molecule has 0 aliphatic rings. The summed E-state index contributed by atoms with van der Waals surface area (Å²) < 4.78 is 4.94. The summed E-state index contributed by atoms with van der Waals surface area (Å²) in [5.41, 5.74) is 2.33. The molecule has 0 saturated carbocycles. The van der Waals surface area contributed by atoms with Crippen molar-refractivity contribution in [2.75, 3.05) is 6.61 Å². The summed E-state index contributed by atoms with van der Waals surface area (Å²) in [6.07, 6.45) is 2.97. The zero-order valence-electron chi connectivity index (χ0n) is 12.1. The third-order valence-electron chi connectivity index (χ3n) is 3.11. The van der Waals surface area contributed by atoms with Crippen LogP contribution in [0.3, 0.4) is 0 Å². The minimum absolute atomic E-state index is 0.330. The first-order valence-corrected chi connectivity index (χ1v) is 7.14. The Labute approximate surface area is 134 Å². The van der Waals surface area contributed by atoms with Crippen LogP contribution in [-0.2, 0) is 9.53 Å². The van der Waals surface area contributed by atoms with Crippen LogP contribution < -0.4 is 0 Å². The number of carbonyl (C=O) groups excluding carboxylic acids is 2. The Balaban J connectivity index is 1.92. The largest absolute Gasteiger partial charge is 0.454 e. The van der Waals surface area contributed by atoms with E-state index in [4.69, 9.17) is 16.3 Å². The van der Waals surface area contributed by atoms with E-state index in [9.17, 15) is 9.59 Å². The number of benzene rings is 2. The van der Waals surface area contributed by atoms with Crippen molar-refractivity contribution in [2.45, 2.75) is 6.92 Å². The highest BCUT2D eigenvalue weighted by molar-refractivity contribution is 6.34. The van der Waals surface area contributed by atoms with Gasteiger partial charge in [-0.1, -0.05) is 48.0 Å². The fourth-order valence-corrected chi connectivity index (χ4v) is 2.12. The van der Waals surface area contributed by atoms with Crippen LogP contribution in [0.25, 0.3) is 6.08 Å². The van der Waals surface area contributed by atoms with Crippen molar-refractivity contribution in [1.29, 1.82) is 0 Å². The van der Waals surface area contributed by atoms with Gasteiger partial charge in [0, 0.05) is 11.6 Å². The van der Waals surface area contributed by atoms with E-state index in [1.165, 1.54) is 6.08 Å². The summed E-state index contributed by atoms with van der Waals surface area (Å²) >= 11 is 5.92. The van der Waals surface area contributed by atoms with Gasteiger partial charge in [-0.2, -0.15) is 0 Å². The van der Waals surface area contributed by atoms with Crippen LogP contribution in [0.15, 0.2) is 54.6 Å². The molecule has 0 aliphatic carbocycles. The van der Waals surface area contributed by atoms with E-state index in [1.807, 2.05) is 31.2 Å². The van der Waals surface area contributed by atoms with Gasteiger partial charge in [-0.15, -0.1) is 0 Å². The Hall–Kier alpha value is -2.39. The van der Waals surface area contributed by atoms with Crippen molar-refractivity contribution in [3.63, 3.8) is 0 Å². The lowest BCUT2D eigenvalue weighted by atomic mass is 10.1. The maximum atomic E-state index is 11.9. The molecule has 0 bridgehead atoms. The van der Waals surface area contributed by atoms with Gasteiger partial charge in [0.1, 0.15) is 0 Å². The SMILES string of the molecule is Cc1ccccc1/C=C/C(=O)OCC(=O)c1ccccc1Cl. The first-order chi connectivity index (χ1) is 10.6. The molecule has 0 N–H and O–H groups in total. The highest BCUT2D eigenvalue weighted by Crippen LogP contribution is 2.15. The summed E-state index contributed by atoms with van der Waals surface area (Å²) in [6, 6.07) is 14.3. The van der Waals surface area contributed by atoms with E-state index in [0.29, 0.717) is 10.6 Å². The molecule has 4 heteroatoms. The molecule has 3 nitrogen and oxygen atoms in total. The number of aryl methyl sites for hydroxylation is 1. The molecule has 2 aromatic rings. The van der Waals surface area contributed by atoms with E-state index in [1.54, 1.807) is 30.3 Å². The van der Waals surface area contributed by atoms with Crippen molar-refractivity contribution in [1.82, 2.24) is 0 Å². The van der Waals surface area contributed by atoms with Gasteiger partial charge in [0.2, 0.25) is 5.78 Å². The maximum Gasteiger partial charge on any atom is 0.331 e. The van der Waals surface area contributed by atoms with Gasteiger partial charge in [-0.05, 0) is 36.3 Å². The molecule has 0 unspecified atom stereocenters. The molecule has 0 aliphatic heterocycles. The molecule has 2 rings (SSSR count). The second kappa shape index (κ2) is 7.57. The maximum absolute atomic E-state index is 11.9. The van der Waals surface area contributed by atoms with Crippen molar-refractivity contribution in [3.8, 4) is 0 Å². The molecular weight excluding hydrogens is 300 g/mol. The van der Waals surface area contributed by atoms with Gasteiger partial charge in [0.05, 0.1) is 5.02 Å². The Bertz CT molecular complexity index is 720. The van der Waals surface area contributed by atoms with E-state index < -0.39 is 5.97 Å². The highest BCUT2D eigenvalue weighted by Gasteiger charge is 2.11. The van der Waals surface area contributed by atoms with Crippen molar-refractivity contribution in [2.24, 2.45) is 0 Å². The monoisotopic (exact) mass is 314 g/mol. The summed E-state index contributed by atoms with van der Waals surface area (Å²) in [6.45, 7) is 1.62. The normalized spacial score (nSPS) is 10.6. The minimum Gasteiger partial charge on any atom is -0.454 e. The van der Waals surface area contributed by atoms with Gasteiger partial charge in [-0.25, -0.2) is 4.79 Å². The van der Waals surface area contributed by atoms with Gasteiger partial charge in [0.25, 0.3) is 0 Å². The quantitative estimate of drug-likeness (QED) is 0.474. The predicted octanol–water partition coefficient (Wildman–Crippen LogP) is 4.09. The second-order valence-electron chi connectivity index (χ2n) is 4.70. The number of hydrogen-bond acceptors (Lipinski definition) is 3. The van der Waals surface area contributed by atoms with Crippen molar-refractivity contribution in [3.05, 3.63) is 76.3 Å². The predicted molar refractivity (Wildman–Crippen MR) is 87.0 cm³/mol. The average Bonchev–Trinajstić information content (AvgIpc) is 2.52. The first kappa shape index (κ1) is 16.0. The van der Waals surface area contributed by atoms with Crippen LogP contribution in [0.4, 0.5) is 0 Å². The molecule has 0 atom stereocenters. The minimum atomic E-state index is -0.566. The third-order valence-corrected chi connectivity index (χ3v) is 3.44. The second-order valence-corrected chi connectivity index (χ2v) is 5.11. The Kier molecular flexibility index (Phi) is 5.50. The number of halogens is 1. The average molecular weight is 315 g/mol. The topological polar surface area (TPSA) is 43.4 Å². The van der Waals surface area contributed by atoms with E-state index in [-0.39, 0.29) is 12.4 Å². The van der Waals surface area contributed by atoms with Crippen molar-refractivity contribution < 1.29 is 14.3 Å². The number of carbonyl (C=O) groups is 2. The van der Waals surface area contributed by atoms with Crippen LogP contribution in [0.1, 0.15) is 21.5 Å². The highest BCUT2D eigenvalue weighted by atomic mass is 35.5. The molecular formula is C18H15ClO3. The van der Waals surface area contributed by atoms with Gasteiger partial charge < -0.3 is 4.74 Å². The Morgan fingerprint density at radius 3 is 2.50 bits per heavy atom. The molecule has 0 radical (unpaired) electrons. The molecule has 0 spiro atoms. The molecule has 0 amide bonds. The summed E-state index contributed by atoms with van der Waals surface area (Å²) in [4.78, 5) is 23.6. The Morgan fingerprint density at radius 2 is 1.77 bits per heavy atom. The van der Waals surface area contributed by atoms with Crippen LogP contribution in [0.5, 0.6) is 0 Å². The Morgan fingerprint density at radius 1 is 1.09 bits per heavy atom. The summed E-state index contributed by atoms with van der Waals surface area (Å²) in [7, 11) is 0. The van der Waals surface area contributed by atoms with Crippen molar-refractivity contribution >= 4 is 29.4 Å². The molecule has 0 fully saturated rings. The smallest absolute Gasteiger partial charge is 0.331 e. The summed E-state index contributed by atoms with van der Waals surface area (Å²) in [5, 5.41) is 0.346. The van der Waals surface area contributed by atoms with Crippen LogP contribution >= 0.6 is 11.6 Å². The number of esters is 1. The molecule has 112 valence electrons. The molecule has 2 aromatic carbocycles. The molecule has 0 heterocycles. The van der Waals surface area contributed by atoms with E-state index >= 15 is 0 Å². The third kappa shape index (κ3) is 4.30. The number of ether oxygens (including phenoxy) is 1. The number of hydrogen-bond donors (Lipinski definition) is 0. The van der Waals surface area contributed by atoms with Gasteiger partial charge in [0.15, 0.2) is 6.61 Å². The molecule has 22 heavy (non-hydrogen) atoms. The lowest BCUT2D eigenvalue weighted by molar-refractivity contribution is -0.136. The van der Waals surface area contributed by atoms with Crippen LogP contribution in [0.2, 0.25) is 5.02 Å². The first-order valence-electron chi connectivity index (χ1n) is 6.76. The van der Waals surface area contributed by atoms with Crippen LogP contribution in [0, 0.1) is 6.92 Å². The molecule has 0 aromatic heterocycles. The van der Waals surface area contributed by atoms with E-state index in [0.717, 1.165) is 11.1 Å². The summed E-state index contributed by atoms with van der Waals surface area (Å²) in [5.74, 6) is -0.896. The number of ketones is 1. The zero-order chi connectivity index (χ0) is 15.9.